The lowest BCUT2D eigenvalue weighted by Gasteiger charge is -2.13. The van der Waals surface area contributed by atoms with Gasteiger partial charge >= 0.3 is 0 Å². The molecule has 2 rings (SSSR count). The molecule has 0 saturated heterocycles. The summed E-state index contributed by atoms with van der Waals surface area (Å²) in [5.41, 5.74) is 2.59. The molecule has 0 amide bonds. The maximum Gasteiger partial charge on any atom is 0.177 e. The molecule has 1 aliphatic rings. The number of aromatic amines is 1. The number of nitrogens with one attached hydrogen (secondary N) is 1. The van der Waals surface area contributed by atoms with E-state index in [0.717, 1.165) is 17.6 Å². The summed E-state index contributed by atoms with van der Waals surface area (Å²) in [5.74, 6) is 0. The first-order valence-electron chi connectivity index (χ1n) is 4.74. The summed E-state index contributed by atoms with van der Waals surface area (Å²) in [6.45, 7) is 0.795. The largest absolute Gasteiger partial charge is 0.395 e. The standard InChI is InChI=1S/C9H14N2OS/c12-6-5-11-8-4-2-1-3-7(8)10-9(11)13/h12H,1-6H2,(H,10,13). The molecule has 1 aromatic heterocycles. The Kier molecular flexibility index (Phi) is 2.51. The average molecular weight is 198 g/mol. The zero-order valence-electron chi connectivity index (χ0n) is 7.55. The number of aliphatic hydroxyl groups is 1. The van der Waals surface area contributed by atoms with Crippen LogP contribution >= 0.6 is 12.2 Å². The molecular formula is C9H14N2OS. The van der Waals surface area contributed by atoms with Crippen LogP contribution in [-0.4, -0.2) is 21.3 Å². The first-order chi connectivity index (χ1) is 6.33. The Balaban J connectivity index is 2.42. The van der Waals surface area contributed by atoms with E-state index in [1.165, 1.54) is 24.2 Å². The number of imidazole rings is 1. The maximum absolute atomic E-state index is 8.88. The highest BCUT2D eigenvalue weighted by Gasteiger charge is 2.14. The number of aromatic nitrogens is 2. The maximum atomic E-state index is 8.88. The van der Waals surface area contributed by atoms with Crippen molar-refractivity contribution >= 4 is 12.2 Å². The van der Waals surface area contributed by atoms with Gasteiger partial charge in [0.15, 0.2) is 4.77 Å². The second-order valence-electron chi connectivity index (χ2n) is 3.44. The van der Waals surface area contributed by atoms with Gasteiger partial charge in [0.1, 0.15) is 0 Å². The van der Waals surface area contributed by atoms with E-state index in [1.54, 1.807) is 0 Å². The van der Waals surface area contributed by atoms with Crippen molar-refractivity contribution in [2.24, 2.45) is 0 Å². The summed E-state index contributed by atoms with van der Waals surface area (Å²) < 4.78 is 2.80. The molecule has 0 aromatic carbocycles. The number of hydrogen-bond donors (Lipinski definition) is 2. The molecule has 2 N–H and O–H groups in total. The number of fused-ring (bicyclic) bond motifs is 1. The predicted molar refractivity (Wildman–Crippen MR) is 53.3 cm³/mol. The van der Waals surface area contributed by atoms with Gasteiger partial charge in [-0.1, -0.05) is 0 Å². The lowest BCUT2D eigenvalue weighted by atomic mass is 10.0. The van der Waals surface area contributed by atoms with E-state index in [4.69, 9.17) is 17.3 Å². The molecule has 1 aliphatic carbocycles. The molecule has 3 nitrogen and oxygen atoms in total. The Hall–Kier alpha value is -0.610. The van der Waals surface area contributed by atoms with E-state index in [1.807, 2.05) is 4.57 Å². The van der Waals surface area contributed by atoms with E-state index in [-0.39, 0.29) is 6.61 Å². The van der Waals surface area contributed by atoms with Gasteiger partial charge in [-0.05, 0) is 37.9 Å². The fourth-order valence-electron chi connectivity index (χ4n) is 1.98. The van der Waals surface area contributed by atoms with Gasteiger partial charge in [0, 0.05) is 17.9 Å². The van der Waals surface area contributed by atoms with Crippen LogP contribution in [0.4, 0.5) is 0 Å². The van der Waals surface area contributed by atoms with Gasteiger partial charge in [-0.2, -0.15) is 0 Å². The molecular weight excluding hydrogens is 184 g/mol. The molecule has 0 spiro atoms. The van der Waals surface area contributed by atoms with Gasteiger partial charge in [-0.3, -0.25) is 0 Å². The van der Waals surface area contributed by atoms with Gasteiger partial charge in [-0.25, -0.2) is 0 Å². The van der Waals surface area contributed by atoms with Crippen LogP contribution in [0.5, 0.6) is 0 Å². The Morgan fingerprint density at radius 3 is 2.92 bits per heavy atom. The summed E-state index contributed by atoms with van der Waals surface area (Å²) in [4.78, 5) is 3.22. The van der Waals surface area contributed by atoms with E-state index < -0.39 is 0 Å². The van der Waals surface area contributed by atoms with Crippen molar-refractivity contribution in [1.82, 2.24) is 9.55 Å². The highest BCUT2D eigenvalue weighted by molar-refractivity contribution is 7.71. The summed E-state index contributed by atoms with van der Waals surface area (Å²) in [5, 5.41) is 8.88. The average Bonchev–Trinajstić information content (AvgIpc) is 2.44. The van der Waals surface area contributed by atoms with Crippen molar-refractivity contribution in [2.75, 3.05) is 6.61 Å². The van der Waals surface area contributed by atoms with Gasteiger partial charge < -0.3 is 14.7 Å². The van der Waals surface area contributed by atoms with Crippen molar-refractivity contribution in [1.29, 1.82) is 0 Å². The molecule has 1 heterocycles. The van der Waals surface area contributed by atoms with Gasteiger partial charge in [0.25, 0.3) is 0 Å². The molecule has 1 aromatic rings. The van der Waals surface area contributed by atoms with Crippen molar-refractivity contribution in [3.05, 3.63) is 16.2 Å². The van der Waals surface area contributed by atoms with Gasteiger partial charge in [0.2, 0.25) is 0 Å². The SMILES string of the molecule is OCCn1c2c([nH]c1=S)CCCC2. The highest BCUT2D eigenvalue weighted by Crippen LogP contribution is 2.20. The first kappa shape index (κ1) is 8.97. The van der Waals surface area contributed by atoms with Crippen molar-refractivity contribution < 1.29 is 5.11 Å². The summed E-state index contributed by atoms with van der Waals surface area (Å²) in [6.07, 6.45) is 4.70. The molecule has 0 unspecified atom stereocenters. The highest BCUT2D eigenvalue weighted by atomic mass is 32.1. The summed E-state index contributed by atoms with van der Waals surface area (Å²) >= 11 is 5.18. The van der Waals surface area contributed by atoms with Crippen LogP contribution in [0.3, 0.4) is 0 Å². The second kappa shape index (κ2) is 3.64. The fraction of sp³-hybridized carbons (Fsp3) is 0.667. The fourth-order valence-corrected chi connectivity index (χ4v) is 2.30. The van der Waals surface area contributed by atoms with Crippen LogP contribution in [0.1, 0.15) is 24.2 Å². The van der Waals surface area contributed by atoms with Crippen LogP contribution in [0.2, 0.25) is 0 Å². The minimum Gasteiger partial charge on any atom is -0.395 e. The molecule has 0 aliphatic heterocycles. The van der Waals surface area contributed by atoms with Gasteiger partial charge in [-0.15, -0.1) is 0 Å². The van der Waals surface area contributed by atoms with E-state index >= 15 is 0 Å². The van der Waals surface area contributed by atoms with E-state index in [9.17, 15) is 0 Å². The molecule has 0 bridgehead atoms. The molecule has 72 valence electrons. The normalized spacial score (nSPS) is 15.8. The van der Waals surface area contributed by atoms with Crippen LogP contribution in [0, 0.1) is 4.77 Å². The van der Waals surface area contributed by atoms with Crippen molar-refractivity contribution in [3.8, 4) is 0 Å². The zero-order valence-corrected chi connectivity index (χ0v) is 8.36. The number of hydrogen-bond acceptors (Lipinski definition) is 2. The number of aryl methyl sites for hydroxylation is 1. The second-order valence-corrected chi connectivity index (χ2v) is 3.82. The minimum atomic E-state index is 0.165. The topological polar surface area (TPSA) is 41.0 Å². The van der Waals surface area contributed by atoms with Crippen LogP contribution < -0.4 is 0 Å². The molecule has 0 fully saturated rings. The lowest BCUT2D eigenvalue weighted by Crippen LogP contribution is -2.10. The van der Waals surface area contributed by atoms with Crippen LogP contribution in [0.15, 0.2) is 0 Å². The number of rotatable bonds is 2. The smallest absolute Gasteiger partial charge is 0.177 e. The lowest BCUT2D eigenvalue weighted by molar-refractivity contribution is 0.273. The monoisotopic (exact) mass is 198 g/mol. The molecule has 0 saturated carbocycles. The Labute approximate surface area is 82.4 Å². The number of nitrogens with zero attached hydrogens (tertiary/aromatic N) is 1. The molecule has 0 radical (unpaired) electrons. The summed E-state index contributed by atoms with van der Waals surface area (Å²) in [6, 6.07) is 0. The Morgan fingerprint density at radius 2 is 2.15 bits per heavy atom. The zero-order chi connectivity index (χ0) is 9.26. The molecule has 4 heteroatoms. The van der Waals surface area contributed by atoms with E-state index in [2.05, 4.69) is 4.98 Å². The Bertz CT molecular complexity index is 353. The van der Waals surface area contributed by atoms with Crippen molar-refractivity contribution in [2.45, 2.75) is 32.2 Å². The summed E-state index contributed by atoms with van der Waals surface area (Å²) in [7, 11) is 0. The van der Waals surface area contributed by atoms with Crippen molar-refractivity contribution in [3.63, 3.8) is 0 Å². The van der Waals surface area contributed by atoms with Crippen LogP contribution in [-0.2, 0) is 19.4 Å². The third kappa shape index (κ3) is 1.56. The van der Waals surface area contributed by atoms with E-state index in [0.29, 0.717) is 6.54 Å². The third-order valence-electron chi connectivity index (χ3n) is 2.59. The number of H-pyrrole nitrogens is 1. The Morgan fingerprint density at radius 1 is 1.38 bits per heavy atom. The minimum absolute atomic E-state index is 0.165. The van der Waals surface area contributed by atoms with Crippen LogP contribution in [0.25, 0.3) is 0 Å². The molecule has 0 atom stereocenters. The first-order valence-corrected chi connectivity index (χ1v) is 5.15. The molecule has 13 heavy (non-hydrogen) atoms. The quantitative estimate of drug-likeness (QED) is 0.706. The van der Waals surface area contributed by atoms with Gasteiger partial charge in [0.05, 0.1) is 6.61 Å². The number of aliphatic hydroxyl groups excluding tert-OH is 1. The third-order valence-corrected chi connectivity index (χ3v) is 2.91. The predicted octanol–water partition coefficient (Wildman–Crippen LogP) is 1.42.